The van der Waals surface area contributed by atoms with Gasteiger partial charge in [-0.05, 0) is 12.1 Å². The van der Waals surface area contributed by atoms with E-state index in [9.17, 15) is 18.0 Å². The van der Waals surface area contributed by atoms with Crippen molar-refractivity contribution in [2.24, 2.45) is 14.1 Å². The summed E-state index contributed by atoms with van der Waals surface area (Å²) in [5, 5.41) is 4.01. The van der Waals surface area contributed by atoms with E-state index in [0.29, 0.717) is 11.3 Å². The first-order valence-electron chi connectivity index (χ1n) is 6.85. The minimum absolute atomic E-state index is 0.0883. The average Bonchev–Trinajstić information content (AvgIpc) is 3.03. The van der Waals surface area contributed by atoms with Crippen molar-refractivity contribution in [2.45, 2.75) is 11.4 Å². The van der Waals surface area contributed by atoms with Crippen LogP contribution in [0.1, 0.15) is 5.69 Å². The predicted octanol–water partition coefficient (Wildman–Crippen LogP) is -1.39. The molecule has 3 aromatic rings. The first-order chi connectivity index (χ1) is 11.3. The molecular weight excluding hydrogens is 336 g/mol. The summed E-state index contributed by atoms with van der Waals surface area (Å²) in [6, 6.07) is 5.13. The van der Waals surface area contributed by atoms with Crippen molar-refractivity contribution < 1.29 is 8.42 Å². The highest BCUT2D eigenvalue weighted by Crippen LogP contribution is 2.06. The van der Waals surface area contributed by atoms with Gasteiger partial charge in [0.15, 0.2) is 10.5 Å². The summed E-state index contributed by atoms with van der Waals surface area (Å²) in [7, 11) is -1.51. The quantitative estimate of drug-likeness (QED) is 0.618. The van der Waals surface area contributed by atoms with Crippen molar-refractivity contribution in [1.29, 1.82) is 0 Å². The van der Waals surface area contributed by atoms with Gasteiger partial charge < -0.3 is 4.57 Å². The molecule has 3 aromatic heterocycles. The molecule has 0 aliphatic carbocycles. The van der Waals surface area contributed by atoms with Gasteiger partial charge in [-0.2, -0.15) is 5.10 Å². The molecule has 0 spiro atoms. The zero-order valence-corrected chi connectivity index (χ0v) is 13.7. The van der Waals surface area contributed by atoms with Gasteiger partial charge >= 0.3 is 5.69 Å². The number of nitrogens with one attached hydrogen (secondary N) is 1. The van der Waals surface area contributed by atoms with E-state index in [1.54, 1.807) is 18.2 Å². The first kappa shape index (κ1) is 16.1. The maximum Gasteiger partial charge on any atom is 0.330 e. The lowest BCUT2D eigenvalue weighted by atomic mass is 10.3. The SMILES string of the molecule is Cn1cc(S(=O)(=O)NCc2cccc3ncnn23)c(=O)n(C)c1=O. The summed E-state index contributed by atoms with van der Waals surface area (Å²) < 4.78 is 30.5. The number of hydrogen-bond donors (Lipinski definition) is 1. The Bertz CT molecular complexity index is 1140. The van der Waals surface area contributed by atoms with Crippen molar-refractivity contribution in [2.75, 3.05) is 0 Å². The molecular formula is C13H14N6O4S. The minimum atomic E-state index is -4.11. The molecule has 0 unspecified atom stereocenters. The van der Waals surface area contributed by atoms with E-state index in [2.05, 4.69) is 14.8 Å². The number of aromatic nitrogens is 5. The molecule has 1 N–H and O–H groups in total. The van der Waals surface area contributed by atoms with Crippen molar-refractivity contribution >= 4 is 15.7 Å². The van der Waals surface area contributed by atoms with Crippen LogP contribution in [0.5, 0.6) is 0 Å². The maximum atomic E-state index is 12.4. The molecule has 11 heteroatoms. The lowest BCUT2D eigenvalue weighted by Gasteiger charge is -2.09. The van der Waals surface area contributed by atoms with Gasteiger partial charge in [0, 0.05) is 20.3 Å². The Balaban J connectivity index is 1.97. The molecule has 24 heavy (non-hydrogen) atoms. The van der Waals surface area contributed by atoms with Gasteiger partial charge in [-0.25, -0.2) is 27.4 Å². The zero-order valence-electron chi connectivity index (χ0n) is 12.9. The molecule has 3 heterocycles. The molecule has 0 bridgehead atoms. The van der Waals surface area contributed by atoms with Crippen molar-refractivity contribution in [1.82, 2.24) is 28.5 Å². The van der Waals surface area contributed by atoms with Gasteiger partial charge in [-0.3, -0.25) is 9.36 Å². The summed E-state index contributed by atoms with van der Waals surface area (Å²) in [6.07, 6.45) is 2.36. The highest BCUT2D eigenvalue weighted by molar-refractivity contribution is 7.89. The van der Waals surface area contributed by atoms with Crippen molar-refractivity contribution in [3.63, 3.8) is 0 Å². The number of pyridine rings is 1. The fraction of sp³-hybridized carbons (Fsp3) is 0.231. The molecule has 0 aliphatic rings. The van der Waals surface area contributed by atoms with E-state index in [1.165, 1.54) is 24.9 Å². The third kappa shape index (κ3) is 2.63. The summed E-state index contributed by atoms with van der Waals surface area (Å²) in [4.78, 5) is 27.2. The molecule has 0 saturated carbocycles. The fourth-order valence-electron chi connectivity index (χ4n) is 2.24. The third-order valence-electron chi connectivity index (χ3n) is 3.53. The molecule has 0 amide bonds. The summed E-state index contributed by atoms with van der Waals surface area (Å²) >= 11 is 0. The van der Waals surface area contributed by atoms with Crippen LogP contribution < -0.4 is 16.0 Å². The molecule has 126 valence electrons. The Morgan fingerprint density at radius 3 is 2.71 bits per heavy atom. The Morgan fingerprint density at radius 1 is 1.21 bits per heavy atom. The van der Waals surface area contributed by atoms with Crippen LogP contribution in [0, 0.1) is 0 Å². The topological polar surface area (TPSA) is 120 Å². The van der Waals surface area contributed by atoms with Crippen LogP contribution in [0.15, 0.2) is 45.2 Å². The van der Waals surface area contributed by atoms with E-state index in [1.807, 2.05) is 0 Å². The number of fused-ring (bicyclic) bond motifs is 1. The van der Waals surface area contributed by atoms with Gasteiger partial charge in [-0.1, -0.05) is 6.07 Å². The van der Waals surface area contributed by atoms with E-state index in [0.717, 1.165) is 15.3 Å². The second-order valence-corrected chi connectivity index (χ2v) is 6.86. The zero-order chi connectivity index (χ0) is 17.5. The lowest BCUT2D eigenvalue weighted by Crippen LogP contribution is -2.41. The predicted molar refractivity (Wildman–Crippen MR) is 83.9 cm³/mol. The number of aryl methyl sites for hydroxylation is 1. The second-order valence-electron chi connectivity index (χ2n) is 5.12. The van der Waals surface area contributed by atoms with Crippen LogP contribution in [-0.4, -0.2) is 32.2 Å². The van der Waals surface area contributed by atoms with Gasteiger partial charge in [0.1, 0.15) is 6.33 Å². The smallest absolute Gasteiger partial charge is 0.302 e. The van der Waals surface area contributed by atoms with E-state index in [4.69, 9.17) is 0 Å². The molecule has 0 saturated heterocycles. The number of sulfonamides is 1. The van der Waals surface area contributed by atoms with Crippen LogP contribution in [0.25, 0.3) is 5.65 Å². The standard InChI is InChI=1S/C13H14N6O4S/c1-17-7-10(12(20)18(2)13(17)21)24(22,23)16-6-9-4-3-5-11-14-8-15-19(9)11/h3-5,7-8,16H,6H2,1-2H3. The maximum absolute atomic E-state index is 12.4. The minimum Gasteiger partial charge on any atom is -0.302 e. The molecule has 0 aliphatic heterocycles. The summed E-state index contributed by atoms with van der Waals surface area (Å²) in [5.74, 6) is 0. The Labute approximate surface area is 136 Å². The number of hydrogen-bond acceptors (Lipinski definition) is 6. The molecule has 3 rings (SSSR count). The third-order valence-corrected chi connectivity index (χ3v) is 4.91. The molecule has 0 fully saturated rings. The lowest BCUT2D eigenvalue weighted by molar-refractivity contribution is 0.569. The molecule has 0 atom stereocenters. The van der Waals surface area contributed by atoms with Gasteiger partial charge in [0.2, 0.25) is 10.0 Å². The number of nitrogens with zero attached hydrogens (tertiary/aromatic N) is 5. The second kappa shape index (κ2) is 5.69. The Morgan fingerprint density at radius 2 is 1.96 bits per heavy atom. The Hall–Kier alpha value is -2.79. The summed E-state index contributed by atoms with van der Waals surface area (Å²) in [6.45, 7) is -0.0883. The van der Waals surface area contributed by atoms with Crippen LogP contribution in [0.2, 0.25) is 0 Å². The molecule has 0 radical (unpaired) electrons. The van der Waals surface area contributed by atoms with Crippen molar-refractivity contribution in [3.05, 3.63) is 57.3 Å². The van der Waals surface area contributed by atoms with E-state index < -0.39 is 26.2 Å². The monoisotopic (exact) mass is 350 g/mol. The molecule has 0 aromatic carbocycles. The van der Waals surface area contributed by atoms with E-state index in [-0.39, 0.29) is 6.54 Å². The average molecular weight is 350 g/mol. The molecule has 10 nitrogen and oxygen atoms in total. The highest BCUT2D eigenvalue weighted by Gasteiger charge is 2.21. The summed E-state index contributed by atoms with van der Waals surface area (Å²) in [5.41, 5.74) is -0.365. The van der Waals surface area contributed by atoms with Crippen LogP contribution in [0.3, 0.4) is 0 Å². The van der Waals surface area contributed by atoms with Gasteiger partial charge in [0.05, 0.1) is 12.2 Å². The van der Waals surface area contributed by atoms with Crippen LogP contribution in [0.4, 0.5) is 0 Å². The van der Waals surface area contributed by atoms with Crippen molar-refractivity contribution in [3.8, 4) is 0 Å². The highest BCUT2D eigenvalue weighted by atomic mass is 32.2. The van der Waals surface area contributed by atoms with E-state index >= 15 is 0 Å². The van der Waals surface area contributed by atoms with Crippen LogP contribution >= 0.6 is 0 Å². The van der Waals surface area contributed by atoms with Gasteiger partial charge in [0.25, 0.3) is 5.56 Å². The normalized spacial score (nSPS) is 11.9. The fourth-order valence-corrected chi connectivity index (χ4v) is 3.40. The van der Waals surface area contributed by atoms with Crippen LogP contribution in [-0.2, 0) is 30.7 Å². The van der Waals surface area contributed by atoms with Gasteiger partial charge in [-0.15, -0.1) is 0 Å². The largest absolute Gasteiger partial charge is 0.330 e. The Kier molecular flexibility index (Phi) is 3.81. The number of rotatable bonds is 4. The first-order valence-corrected chi connectivity index (χ1v) is 8.33.